The summed E-state index contributed by atoms with van der Waals surface area (Å²) in [7, 11) is 0. The smallest absolute Gasteiger partial charge is 0.306 e. The highest BCUT2D eigenvalue weighted by atomic mass is 16.6. The number of unbranched alkanes of at least 4 members (excludes halogenated alkanes) is 25. The van der Waals surface area contributed by atoms with Gasteiger partial charge in [0.25, 0.3) is 0 Å². The maximum absolute atomic E-state index is 12.9. The van der Waals surface area contributed by atoms with E-state index in [0.29, 0.717) is 19.3 Å². The van der Waals surface area contributed by atoms with Crippen molar-refractivity contribution in [1.82, 2.24) is 0 Å². The molecule has 6 nitrogen and oxygen atoms in total. The summed E-state index contributed by atoms with van der Waals surface area (Å²) < 4.78 is 16.9. The molecule has 0 N–H and O–H groups in total. The molecule has 0 spiro atoms. The summed E-state index contributed by atoms with van der Waals surface area (Å²) in [6.07, 6.45) is 87.6. The largest absolute Gasteiger partial charge is 0.462 e. The molecular weight excluding hydrogens is 937 g/mol. The highest BCUT2D eigenvalue weighted by Gasteiger charge is 2.19. The van der Waals surface area contributed by atoms with E-state index in [9.17, 15) is 14.4 Å². The second-order valence-corrected chi connectivity index (χ2v) is 20.5. The Morgan fingerprint density at radius 2 is 0.513 bits per heavy atom. The standard InChI is InChI=1S/C70H116O6/c1-4-7-10-13-16-19-22-25-28-31-33-34-35-36-38-39-42-45-48-51-54-57-60-63-69(72)75-66-67(65-74-68(71)62-59-56-53-50-47-44-41-30-27-24-21-18-15-12-9-6-3)76-70(73)64-61-58-55-52-49-46-43-40-37-32-29-26-23-20-17-14-11-8-5-2/h7-8,10-11,16-17,19-21,24-26,28-30,33-34,37,40-41,67H,4-6,9,12-15,18,22-23,27,31-32,35-36,38-39,42-66H2,1-3H3/b10-7-,11-8-,19-16-,20-17-,24-21-,28-25-,29-26-,34-33-,40-37-,41-30-. The van der Waals surface area contributed by atoms with Crippen LogP contribution in [0.4, 0.5) is 0 Å². The molecular formula is C70H116O6. The van der Waals surface area contributed by atoms with Gasteiger partial charge in [-0.25, -0.2) is 0 Å². The number of ether oxygens (including phenoxy) is 3. The molecule has 0 heterocycles. The van der Waals surface area contributed by atoms with Crippen molar-refractivity contribution in [2.75, 3.05) is 13.2 Å². The van der Waals surface area contributed by atoms with Crippen LogP contribution in [0.2, 0.25) is 0 Å². The van der Waals surface area contributed by atoms with E-state index in [-0.39, 0.29) is 31.1 Å². The minimum absolute atomic E-state index is 0.0929. The van der Waals surface area contributed by atoms with E-state index in [1.807, 2.05) is 0 Å². The Morgan fingerprint density at radius 1 is 0.276 bits per heavy atom. The third-order valence-electron chi connectivity index (χ3n) is 13.2. The van der Waals surface area contributed by atoms with Crippen molar-refractivity contribution in [3.63, 3.8) is 0 Å². The van der Waals surface area contributed by atoms with Crippen molar-refractivity contribution in [3.05, 3.63) is 122 Å². The molecule has 0 aliphatic heterocycles. The molecule has 6 heteroatoms. The lowest BCUT2D eigenvalue weighted by atomic mass is 10.1. The van der Waals surface area contributed by atoms with Crippen LogP contribution < -0.4 is 0 Å². The molecule has 0 aromatic carbocycles. The second kappa shape index (κ2) is 63.3. The van der Waals surface area contributed by atoms with Crippen LogP contribution in [0.25, 0.3) is 0 Å². The first kappa shape index (κ1) is 71.8. The average molecular weight is 1050 g/mol. The molecule has 1 atom stereocenters. The van der Waals surface area contributed by atoms with Crippen molar-refractivity contribution in [2.24, 2.45) is 0 Å². The highest BCUT2D eigenvalue weighted by Crippen LogP contribution is 2.15. The molecule has 1 unspecified atom stereocenters. The molecule has 0 radical (unpaired) electrons. The van der Waals surface area contributed by atoms with E-state index in [1.54, 1.807) is 0 Å². The quantitative estimate of drug-likeness (QED) is 0.0261. The van der Waals surface area contributed by atoms with Gasteiger partial charge in [-0.1, -0.05) is 258 Å². The maximum Gasteiger partial charge on any atom is 0.306 e. The molecule has 0 saturated heterocycles. The van der Waals surface area contributed by atoms with Crippen LogP contribution >= 0.6 is 0 Å². The molecule has 0 bridgehead atoms. The molecule has 0 rings (SSSR count). The number of esters is 3. The third kappa shape index (κ3) is 60.7. The summed E-state index contributed by atoms with van der Waals surface area (Å²) in [5.41, 5.74) is 0. The molecule has 432 valence electrons. The van der Waals surface area contributed by atoms with Crippen LogP contribution in [0.3, 0.4) is 0 Å². The summed E-state index contributed by atoms with van der Waals surface area (Å²) in [6.45, 7) is 6.38. The van der Waals surface area contributed by atoms with Gasteiger partial charge in [0, 0.05) is 19.3 Å². The van der Waals surface area contributed by atoms with Gasteiger partial charge >= 0.3 is 17.9 Å². The van der Waals surface area contributed by atoms with E-state index >= 15 is 0 Å². The van der Waals surface area contributed by atoms with Crippen LogP contribution in [-0.4, -0.2) is 37.2 Å². The van der Waals surface area contributed by atoms with Crippen molar-refractivity contribution in [2.45, 2.75) is 290 Å². The summed E-state index contributed by atoms with van der Waals surface area (Å²) in [5, 5.41) is 0. The van der Waals surface area contributed by atoms with Crippen LogP contribution in [0.5, 0.6) is 0 Å². The number of hydrogen-bond acceptors (Lipinski definition) is 6. The van der Waals surface area contributed by atoms with Crippen LogP contribution in [0.15, 0.2) is 122 Å². The van der Waals surface area contributed by atoms with Gasteiger partial charge in [0.2, 0.25) is 0 Å². The molecule has 0 amide bonds. The van der Waals surface area contributed by atoms with Gasteiger partial charge in [-0.05, 0) is 128 Å². The lowest BCUT2D eigenvalue weighted by molar-refractivity contribution is -0.167. The summed E-state index contributed by atoms with van der Waals surface area (Å²) in [6, 6.07) is 0. The molecule has 0 aliphatic carbocycles. The number of carbonyl (C=O) groups is 3. The Hall–Kier alpha value is -4.19. The minimum atomic E-state index is -0.798. The van der Waals surface area contributed by atoms with Gasteiger partial charge in [0.15, 0.2) is 6.10 Å². The zero-order chi connectivity index (χ0) is 55.0. The van der Waals surface area contributed by atoms with Gasteiger partial charge in [-0.3, -0.25) is 14.4 Å². The van der Waals surface area contributed by atoms with Crippen LogP contribution in [-0.2, 0) is 28.6 Å². The molecule has 0 aromatic heterocycles. The highest BCUT2D eigenvalue weighted by molar-refractivity contribution is 5.71. The van der Waals surface area contributed by atoms with E-state index in [4.69, 9.17) is 14.2 Å². The Balaban J connectivity index is 4.43. The number of hydrogen-bond donors (Lipinski definition) is 0. The fraction of sp³-hybridized carbons (Fsp3) is 0.671. The first-order valence-corrected chi connectivity index (χ1v) is 31.5. The van der Waals surface area contributed by atoms with E-state index in [0.717, 1.165) is 148 Å². The fourth-order valence-electron chi connectivity index (χ4n) is 8.51. The van der Waals surface area contributed by atoms with Gasteiger partial charge in [-0.2, -0.15) is 0 Å². The molecule has 0 saturated carbocycles. The number of carbonyl (C=O) groups excluding carboxylic acids is 3. The van der Waals surface area contributed by atoms with Crippen molar-refractivity contribution in [1.29, 1.82) is 0 Å². The predicted molar refractivity (Wildman–Crippen MR) is 330 cm³/mol. The van der Waals surface area contributed by atoms with Crippen LogP contribution in [0, 0.1) is 0 Å². The fourth-order valence-corrected chi connectivity index (χ4v) is 8.51. The first-order valence-electron chi connectivity index (χ1n) is 31.5. The lowest BCUT2D eigenvalue weighted by Gasteiger charge is -2.18. The summed E-state index contributed by atoms with van der Waals surface area (Å²) in [4.78, 5) is 38.3. The molecule has 0 aromatic rings. The minimum Gasteiger partial charge on any atom is -0.462 e. The van der Waals surface area contributed by atoms with E-state index in [1.165, 1.54) is 96.3 Å². The molecule has 0 fully saturated rings. The van der Waals surface area contributed by atoms with Crippen LogP contribution in [0.1, 0.15) is 284 Å². The van der Waals surface area contributed by atoms with Gasteiger partial charge in [0.1, 0.15) is 13.2 Å². The zero-order valence-electron chi connectivity index (χ0n) is 49.5. The summed E-state index contributed by atoms with van der Waals surface area (Å²) >= 11 is 0. The Bertz CT molecular complexity index is 1590. The van der Waals surface area contributed by atoms with Crippen molar-refractivity contribution >= 4 is 17.9 Å². The van der Waals surface area contributed by atoms with E-state index in [2.05, 4.69) is 142 Å². The molecule has 76 heavy (non-hydrogen) atoms. The van der Waals surface area contributed by atoms with E-state index < -0.39 is 6.10 Å². The van der Waals surface area contributed by atoms with Crippen molar-refractivity contribution in [3.8, 4) is 0 Å². The average Bonchev–Trinajstić information content (AvgIpc) is 3.42. The Kier molecular flexibility index (Phi) is 59.9. The number of rotatable bonds is 56. The lowest BCUT2D eigenvalue weighted by Crippen LogP contribution is -2.30. The zero-order valence-corrected chi connectivity index (χ0v) is 49.5. The van der Waals surface area contributed by atoms with Gasteiger partial charge in [0.05, 0.1) is 0 Å². The van der Waals surface area contributed by atoms with Gasteiger partial charge < -0.3 is 14.2 Å². The number of allylic oxidation sites excluding steroid dienone is 20. The molecule has 0 aliphatic rings. The SMILES string of the molecule is CC/C=C\C/C=C\C/C=C\C/C=C\CCCCCCCCCCCCC(=O)OCC(COC(=O)CCCCCCC/C=C\C/C=C\CCCCCC)OC(=O)CCCCCCCC/C=C\C/C=C\C/C=C\C/C=C\CC. The maximum atomic E-state index is 12.9. The Labute approximate surface area is 469 Å². The topological polar surface area (TPSA) is 78.9 Å². The third-order valence-corrected chi connectivity index (χ3v) is 13.2. The van der Waals surface area contributed by atoms with Crippen molar-refractivity contribution < 1.29 is 28.6 Å². The summed E-state index contributed by atoms with van der Waals surface area (Å²) in [5.74, 6) is -0.920. The predicted octanol–water partition coefficient (Wildman–Crippen LogP) is 21.6. The normalized spacial score (nSPS) is 12.9. The Morgan fingerprint density at radius 3 is 0.803 bits per heavy atom. The monoisotopic (exact) mass is 1050 g/mol. The first-order chi connectivity index (χ1) is 37.5. The second-order valence-electron chi connectivity index (χ2n) is 20.5. The van der Waals surface area contributed by atoms with Gasteiger partial charge in [-0.15, -0.1) is 0 Å².